The maximum Gasteiger partial charge on any atom is 0.338 e. The monoisotopic (exact) mass is 266 g/mol. The van der Waals surface area contributed by atoms with Gasteiger partial charge in [-0.25, -0.2) is 14.6 Å². The number of carbonyl (C=O) groups excluding carboxylic acids is 1. The van der Waals surface area contributed by atoms with Crippen LogP contribution in [0.25, 0.3) is 0 Å². The average molecular weight is 266 g/mol. The molecule has 0 aliphatic carbocycles. The van der Waals surface area contributed by atoms with Gasteiger partial charge in [0.05, 0.1) is 19.3 Å². The molecule has 0 N–H and O–H groups in total. The first kappa shape index (κ1) is 15.7. The first-order valence-electron chi connectivity index (χ1n) is 6.40. The first-order valence-corrected chi connectivity index (χ1v) is 6.40. The van der Waals surface area contributed by atoms with Crippen molar-refractivity contribution in [1.82, 2.24) is 0 Å². The third-order valence-electron chi connectivity index (χ3n) is 2.40. The van der Waals surface area contributed by atoms with Crippen LogP contribution in [0, 0.1) is 0 Å². The molecule has 0 radical (unpaired) electrons. The van der Waals surface area contributed by atoms with Crippen molar-refractivity contribution in [3.63, 3.8) is 0 Å². The molecule has 19 heavy (non-hydrogen) atoms. The summed E-state index contributed by atoms with van der Waals surface area (Å²) >= 11 is 0. The number of rotatable bonds is 6. The maximum atomic E-state index is 11.8. The highest BCUT2D eigenvalue weighted by atomic mass is 17.2. The molecule has 0 aliphatic heterocycles. The van der Waals surface area contributed by atoms with Crippen LogP contribution < -0.4 is 0 Å². The van der Waals surface area contributed by atoms with E-state index in [0.29, 0.717) is 12.2 Å². The Bertz CT molecular complexity index is 390. The molecule has 0 spiro atoms. The second-order valence-corrected chi connectivity index (χ2v) is 5.29. The van der Waals surface area contributed by atoms with Gasteiger partial charge in [0, 0.05) is 0 Å². The van der Waals surface area contributed by atoms with Crippen LogP contribution in [0.2, 0.25) is 0 Å². The van der Waals surface area contributed by atoms with Gasteiger partial charge in [-0.2, -0.15) is 0 Å². The Kier molecular flexibility index (Phi) is 5.99. The molecule has 0 fully saturated rings. The van der Waals surface area contributed by atoms with E-state index >= 15 is 0 Å². The zero-order valence-electron chi connectivity index (χ0n) is 12.1. The Labute approximate surface area is 114 Å². The van der Waals surface area contributed by atoms with Gasteiger partial charge in [0.15, 0.2) is 0 Å². The molecule has 106 valence electrons. The van der Waals surface area contributed by atoms with Gasteiger partial charge < -0.3 is 4.74 Å². The van der Waals surface area contributed by atoms with Crippen LogP contribution in [0.15, 0.2) is 24.3 Å². The lowest BCUT2D eigenvalue weighted by Gasteiger charge is -2.19. The highest BCUT2D eigenvalue weighted by Crippen LogP contribution is 2.13. The molecule has 0 saturated carbocycles. The molecule has 1 rings (SSSR count). The summed E-state index contributed by atoms with van der Waals surface area (Å²) in [5.41, 5.74) is 1.27. The summed E-state index contributed by atoms with van der Waals surface area (Å²) in [6.45, 7) is 6.13. The van der Waals surface area contributed by atoms with Gasteiger partial charge >= 0.3 is 5.97 Å². The Morgan fingerprint density at radius 3 is 2.32 bits per heavy atom. The minimum atomic E-state index is -0.465. The SMILES string of the molecule is COOCCCc1ccc(C(=O)OC(C)(C)C)cc1. The molecular formula is C15H22O4. The van der Waals surface area contributed by atoms with Crippen molar-refractivity contribution in [3.05, 3.63) is 35.4 Å². The summed E-state index contributed by atoms with van der Waals surface area (Å²) in [7, 11) is 1.50. The van der Waals surface area contributed by atoms with Crippen LogP contribution in [0.1, 0.15) is 43.1 Å². The second kappa shape index (κ2) is 7.26. The molecule has 1 aromatic carbocycles. The van der Waals surface area contributed by atoms with Gasteiger partial charge in [-0.1, -0.05) is 12.1 Å². The quantitative estimate of drug-likeness (QED) is 0.343. The zero-order valence-corrected chi connectivity index (χ0v) is 12.1. The van der Waals surface area contributed by atoms with Crippen molar-refractivity contribution in [2.24, 2.45) is 0 Å². The van der Waals surface area contributed by atoms with Gasteiger partial charge in [0.1, 0.15) is 5.60 Å². The minimum Gasteiger partial charge on any atom is -0.456 e. The third kappa shape index (κ3) is 6.36. The third-order valence-corrected chi connectivity index (χ3v) is 2.40. The topological polar surface area (TPSA) is 44.8 Å². The summed E-state index contributed by atoms with van der Waals surface area (Å²) in [6.07, 6.45) is 1.76. The van der Waals surface area contributed by atoms with Crippen molar-refractivity contribution in [1.29, 1.82) is 0 Å². The number of hydrogen-bond donors (Lipinski definition) is 0. The number of carbonyl (C=O) groups is 1. The lowest BCUT2D eigenvalue weighted by atomic mass is 10.1. The van der Waals surface area contributed by atoms with E-state index in [4.69, 9.17) is 9.62 Å². The molecule has 1 aromatic rings. The molecule has 0 aliphatic rings. The summed E-state index contributed by atoms with van der Waals surface area (Å²) < 4.78 is 5.30. The van der Waals surface area contributed by atoms with E-state index in [-0.39, 0.29) is 5.97 Å². The summed E-state index contributed by atoms with van der Waals surface area (Å²) in [6, 6.07) is 7.46. The van der Waals surface area contributed by atoms with Crippen molar-refractivity contribution < 1.29 is 19.3 Å². The summed E-state index contributed by atoms with van der Waals surface area (Å²) in [5.74, 6) is -0.290. The maximum absolute atomic E-state index is 11.8. The van der Waals surface area contributed by atoms with Gasteiger partial charge in [-0.3, -0.25) is 0 Å². The molecule has 0 atom stereocenters. The molecule has 0 unspecified atom stereocenters. The molecule has 0 saturated heterocycles. The van der Waals surface area contributed by atoms with Crippen molar-refractivity contribution >= 4 is 5.97 Å². The largest absolute Gasteiger partial charge is 0.456 e. The fraction of sp³-hybridized carbons (Fsp3) is 0.533. The second-order valence-electron chi connectivity index (χ2n) is 5.29. The Morgan fingerprint density at radius 1 is 1.16 bits per heavy atom. The molecule has 4 heteroatoms. The smallest absolute Gasteiger partial charge is 0.338 e. The van der Waals surface area contributed by atoms with Crippen LogP contribution in [-0.4, -0.2) is 25.3 Å². The van der Waals surface area contributed by atoms with E-state index in [1.165, 1.54) is 7.11 Å². The number of hydrogen-bond acceptors (Lipinski definition) is 4. The van der Waals surface area contributed by atoms with Crippen LogP contribution >= 0.6 is 0 Å². The Hall–Kier alpha value is -1.39. The minimum absolute atomic E-state index is 0.290. The average Bonchev–Trinajstić information content (AvgIpc) is 2.33. The van der Waals surface area contributed by atoms with E-state index in [2.05, 4.69) is 4.89 Å². The molecule has 0 bridgehead atoms. The van der Waals surface area contributed by atoms with Crippen LogP contribution in [0.3, 0.4) is 0 Å². The number of aryl methyl sites for hydroxylation is 1. The molecule has 0 amide bonds. The zero-order chi connectivity index (χ0) is 14.3. The lowest BCUT2D eigenvalue weighted by Crippen LogP contribution is -2.23. The van der Waals surface area contributed by atoms with E-state index in [1.54, 1.807) is 12.1 Å². The standard InChI is InChI=1S/C15H22O4/c1-15(2,3)19-14(16)13-9-7-12(8-10-13)6-5-11-18-17-4/h7-10H,5-6,11H2,1-4H3. The van der Waals surface area contributed by atoms with Crippen LogP contribution in [0.4, 0.5) is 0 Å². The fourth-order valence-electron chi connectivity index (χ4n) is 1.56. The highest BCUT2D eigenvalue weighted by Gasteiger charge is 2.17. The van der Waals surface area contributed by atoms with E-state index < -0.39 is 5.60 Å². The summed E-state index contributed by atoms with van der Waals surface area (Å²) in [5, 5.41) is 0. The van der Waals surface area contributed by atoms with E-state index in [1.807, 2.05) is 32.9 Å². The normalized spacial score (nSPS) is 11.4. The van der Waals surface area contributed by atoms with Gasteiger partial charge in [-0.15, -0.1) is 0 Å². The Balaban J connectivity index is 2.49. The molecule has 0 heterocycles. The highest BCUT2D eigenvalue weighted by molar-refractivity contribution is 5.89. The van der Waals surface area contributed by atoms with Gasteiger partial charge in [0.25, 0.3) is 0 Å². The molecular weight excluding hydrogens is 244 g/mol. The molecule has 4 nitrogen and oxygen atoms in total. The van der Waals surface area contributed by atoms with Crippen LogP contribution in [0.5, 0.6) is 0 Å². The molecule has 0 aromatic heterocycles. The number of esters is 1. The Morgan fingerprint density at radius 2 is 1.79 bits per heavy atom. The fourth-order valence-corrected chi connectivity index (χ4v) is 1.56. The van der Waals surface area contributed by atoms with Crippen molar-refractivity contribution in [2.75, 3.05) is 13.7 Å². The number of ether oxygens (including phenoxy) is 1. The first-order chi connectivity index (χ1) is 8.92. The lowest BCUT2D eigenvalue weighted by molar-refractivity contribution is -0.272. The van der Waals surface area contributed by atoms with E-state index in [9.17, 15) is 4.79 Å². The van der Waals surface area contributed by atoms with Gasteiger partial charge in [-0.05, 0) is 51.3 Å². The predicted octanol–water partition coefficient (Wildman–Crippen LogP) is 3.15. The van der Waals surface area contributed by atoms with Gasteiger partial charge in [0.2, 0.25) is 0 Å². The van der Waals surface area contributed by atoms with E-state index in [0.717, 1.165) is 18.4 Å². The van der Waals surface area contributed by atoms with Crippen LogP contribution in [-0.2, 0) is 20.9 Å². The van der Waals surface area contributed by atoms with Crippen molar-refractivity contribution in [2.45, 2.75) is 39.2 Å². The van der Waals surface area contributed by atoms with Crippen molar-refractivity contribution in [3.8, 4) is 0 Å². The summed E-state index contributed by atoms with van der Waals surface area (Å²) in [4.78, 5) is 21.1. The number of benzene rings is 1. The predicted molar refractivity (Wildman–Crippen MR) is 72.9 cm³/mol.